The van der Waals surface area contributed by atoms with Crippen molar-refractivity contribution in [2.45, 2.75) is 13.3 Å². The van der Waals surface area contributed by atoms with Crippen molar-refractivity contribution in [3.63, 3.8) is 0 Å². The molecule has 1 fully saturated rings. The predicted octanol–water partition coefficient (Wildman–Crippen LogP) is 3.10. The van der Waals surface area contributed by atoms with Gasteiger partial charge < -0.3 is 21.8 Å². The second-order valence-electron chi connectivity index (χ2n) is 8.80. The summed E-state index contributed by atoms with van der Waals surface area (Å²) in [5.74, 6) is -1.16. The standard InChI is InChI=1S/C25H26FN7O2/c1-12-5-15(24(28)34)6-19(26)22(12)20-7-14-8-21(29-11-18(14)23(27)31-20)32-25(35)17-9-16(17)13(2)10-30-33(3)4/h5-8,10-11,16-17H,2,9H2,1,3-4H3,(H2,27,31)(H2,28,34)(H,29,32,35)/b30-10-/t16-,17+/m0/s1. The Hall–Kier alpha value is -4.34. The molecule has 2 amide bonds. The van der Waals surface area contributed by atoms with Crippen LogP contribution in [0.4, 0.5) is 16.0 Å². The molecule has 2 heterocycles. The maximum atomic E-state index is 14.9. The first-order chi connectivity index (χ1) is 16.5. The zero-order valence-electron chi connectivity index (χ0n) is 19.7. The Morgan fingerprint density at radius 3 is 2.66 bits per heavy atom. The molecule has 10 heteroatoms. The molecule has 1 aliphatic carbocycles. The lowest BCUT2D eigenvalue weighted by Gasteiger charge is -2.12. The number of nitrogen functional groups attached to an aromatic ring is 1. The predicted molar refractivity (Wildman–Crippen MR) is 134 cm³/mol. The molecule has 0 bridgehead atoms. The molecule has 180 valence electrons. The maximum absolute atomic E-state index is 14.9. The number of hydrogen-bond acceptors (Lipinski definition) is 7. The van der Waals surface area contributed by atoms with Gasteiger partial charge in [0.15, 0.2) is 0 Å². The SMILES string of the molecule is C=C(/C=N\N(C)C)[C@@H]1C[C@H]1C(=O)Nc1cc2cc(-c3c(C)cc(C(N)=O)cc3F)nc(N)c2cn1. The number of anilines is 2. The summed E-state index contributed by atoms with van der Waals surface area (Å²) in [6.07, 6.45) is 3.88. The third-order valence-electron chi connectivity index (χ3n) is 5.88. The minimum Gasteiger partial charge on any atom is -0.383 e. The van der Waals surface area contributed by atoms with E-state index < -0.39 is 11.7 Å². The highest BCUT2D eigenvalue weighted by molar-refractivity contribution is 5.99. The number of carbonyl (C=O) groups excluding carboxylic acids is 2. The summed E-state index contributed by atoms with van der Waals surface area (Å²) in [6.45, 7) is 5.66. The van der Waals surface area contributed by atoms with Crippen molar-refractivity contribution in [2.75, 3.05) is 25.1 Å². The largest absolute Gasteiger partial charge is 0.383 e. The number of fused-ring (bicyclic) bond motifs is 1. The second-order valence-corrected chi connectivity index (χ2v) is 8.80. The van der Waals surface area contributed by atoms with Crippen LogP contribution in [0, 0.1) is 24.6 Å². The fraction of sp³-hybridized carbons (Fsp3) is 0.240. The number of nitrogens with one attached hydrogen (secondary N) is 1. The first-order valence-corrected chi connectivity index (χ1v) is 10.9. The number of allylic oxidation sites excluding steroid dienone is 1. The lowest BCUT2D eigenvalue weighted by molar-refractivity contribution is -0.117. The van der Waals surface area contributed by atoms with Crippen LogP contribution in [0.1, 0.15) is 22.3 Å². The number of hydrogen-bond donors (Lipinski definition) is 3. The van der Waals surface area contributed by atoms with Crippen molar-refractivity contribution in [3.05, 3.63) is 59.6 Å². The van der Waals surface area contributed by atoms with Crippen LogP contribution in [0.25, 0.3) is 22.0 Å². The van der Waals surface area contributed by atoms with Gasteiger partial charge >= 0.3 is 0 Å². The Balaban J connectivity index is 1.59. The molecule has 1 aromatic carbocycles. The van der Waals surface area contributed by atoms with Gasteiger partial charge in [0.05, 0.1) is 5.69 Å². The summed E-state index contributed by atoms with van der Waals surface area (Å²) in [6, 6.07) is 5.91. The highest BCUT2D eigenvalue weighted by atomic mass is 19.1. The first kappa shape index (κ1) is 23.8. The Morgan fingerprint density at radius 1 is 1.26 bits per heavy atom. The number of nitrogens with two attached hydrogens (primary N) is 2. The van der Waals surface area contributed by atoms with Gasteiger partial charge in [-0.2, -0.15) is 5.10 Å². The fourth-order valence-electron chi connectivity index (χ4n) is 3.98. The summed E-state index contributed by atoms with van der Waals surface area (Å²) in [5, 5.41) is 9.86. The van der Waals surface area contributed by atoms with E-state index >= 15 is 0 Å². The lowest BCUT2D eigenvalue weighted by atomic mass is 9.99. The molecule has 0 radical (unpaired) electrons. The Kier molecular flexibility index (Phi) is 6.21. The van der Waals surface area contributed by atoms with E-state index in [-0.39, 0.29) is 34.7 Å². The van der Waals surface area contributed by atoms with Crippen LogP contribution in [0.2, 0.25) is 0 Å². The normalized spacial score (nSPS) is 16.9. The molecule has 1 aliphatic rings. The average Bonchev–Trinajstić information content (AvgIpc) is 3.58. The number of rotatable bonds is 7. The fourth-order valence-corrected chi connectivity index (χ4v) is 3.98. The number of aryl methyl sites for hydroxylation is 1. The van der Waals surface area contributed by atoms with E-state index in [4.69, 9.17) is 11.5 Å². The molecule has 1 saturated carbocycles. The van der Waals surface area contributed by atoms with Crippen LogP contribution in [0.3, 0.4) is 0 Å². The van der Waals surface area contributed by atoms with E-state index in [2.05, 4.69) is 27.0 Å². The molecule has 2 atom stereocenters. The van der Waals surface area contributed by atoms with Gasteiger partial charge in [0.25, 0.3) is 0 Å². The molecule has 5 N–H and O–H groups in total. The number of carbonyl (C=O) groups is 2. The van der Waals surface area contributed by atoms with E-state index in [1.807, 2.05) is 14.1 Å². The Bertz CT molecular complexity index is 1380. The number of aromatic nitrogens is 2. The van der Waals surface area contributed by atoms with Crippen LogP contribution in [-0.2, 0) is 4.79 Å². The quantitative estimate of drug-likeness (QED) is 0.354. The number of pyridine rings is 2. The second kappa shape index (κ2) is 9.13. The number of amides is 2. The van der Waals surface area contributed by atoms with Crippen molar-refractivity contribution < 1.29 is 14.0 Å². The summed E-state index contributed by atoms with van der Waals surface area (Å²) in [5.41, 5.74) is 13.3. The third kappa shape index (κ3) is 4.96. The molecule has 0 aliphatic heterocycles. The van der Waals surface area contributed by atoms with Crippen molar-refractivity contribution in [2.24, 2.45) is 22.7 Å². The van der Waals surface area contributed by atoms with Gasteiger partial charge in [-0.1, -0.05) is 6.58 Å². The molecule has 3 aromatic rings. The topological polar surface area (TPSA) is 140 Å². The third-order valence-corrected chi connectivity index (χ3v) is 5.88. The van der Waals surface area contributed by atoms with E-state index in [1.54, 1.807) is 30.3 Å². The molecule has 2 aromatic heterocycles. The Labute approximate surface area is 201 Å². The van der Waals surface area contributed by atoms with E-state index in [0.29, 0.717) is 34.3 Å². The number of primary amides is 1. The lowest BCUT2D eigenvalue weighted by Crippen LogP contribution is -2.16. The molecule has 4 rings (SSSR count). The summed E-state index contributed by atoms with van der Waals surface area (Å²) < 4.78 is 14.9. The van der Waals surface area contributed by atoms with Gasteiger partial charge in [0.1, 0.15) is 17.5 Å². The molecule has 0 saturated heterocycles. The number of benzene rings is 1. The van der Waals surface area contributed by atoms with Gasteiger partial charge in [0, 0.05) is 48.9 Å². The van der Waals surface area contributed by atoms with Crippen LogP contribution in [0.15, 0.2) is 47.7 Å². The zero-order valence-corrected chi connectivity index (χ0v) is 19.7. The van der Waals surface area contributed by atoms with Crippen LogP contribution in [0.5, 0.6) is 0 Å². The molecular weight excluding hydrogens is 449 g/mol. The number of hydrazone groups is 1. The van der Waals surface area contributed by atoms with Gasteiger partial charge in [-0.3, -0.25) is 9.59 Å². The van der Waals surface area contributed by atoms with Crippen molar-refractivity contribution in [3.8, 4) is 11.3 Å². The number of halogens is 1. The van der Waals surface area contributed by atoms with Crippen molar-refractivity contribution in [1.82, 2.24) is 15.0 Å². The van der Waals surface area contributed by atoms with Crippen molar-refractivity contribution in [1.29, 1.82) is 0 Å². The molecule has 35 heavy (non-hydrogen) atoms. The minimum atomic E-state index is -0.720. The summed E-state index contributed by atoms with van der Waals surface area (Å²) >= 11 is 0. The summed E-state index contributed by atoms with van der Waals surface area (Å²) in [4.78, 5) is 32.8. The highest BCUT2D eigenvalue weighted by Crippen LogP contribution is 2.43. The molecule has 0 unspecified atom stereocenters. The van der Waals surface area contributed by atoms with Crippen LogP contribution < -0.4 is 16.8 Å². The number of nitrogens with zero attached hydrogens (tertiary/aromatic N) is 4. The van der Waals surface area contributed by atoms with Crippen LogP contribution in [-0.4, -0.2) is 47.1 Å². The smallest absolute Gasteiger partial charge is 0.248 e. The van der Waals surface area contributed by atoms with E-state index in [1.165, 1.54) is 12.3 Å². The minimum absolute atomic E-state index is 0.0416. The van der Waals surface area contributed by atoms with E-state index in [9.17, 15) is 14.0 Å². The zero-order chi connectivity index (χ0) is 25.4. The van der Waals surface area contributed by atoms with Gasteiger partial charge in [0.2, 0.25) is 11.8 Å². The molecule has 0 spiro atoms. The van der Waals surface area contributed by atoms with Gasteiger partial charge in [-0.15, -0.1) is 0 Å². The molecular formula is C25H26FN7O2. The average molecular weight is 476 g/mol. The van der Waals surface area contributed by atoms with Gasteiger partial charge in [-0.25, -0.2) is 14.4 Å². The van der Waals surface area contributed by atoms with E-state index in [0.717, 1.165) is 11.6 Å². The van der Waals surface area contributed by atoms with Crippen molar-refractivity contribution >= 4 is 40.4 Å². The first-order valence-electron chi connectivity index (χ1n) is 10.9. The highest BCUT2D eigenvalue weighted by Gasteiger charge is 2.44. The van der Waals surface area contributed by atoms with Gasteiger partial charge in [-0.05, 0) is 60.1 Å². The maximum Gasteiger partial charge on any atom is 0.248 e. The summed E-state index contributed by atoms with van der Waals surface area (Å²) in [7, 11) is 3.62. The molecule has 9 nitrogen and oxygen atoms in total. The van der Waals surface area contributed by atoms with Crippen LogP contribution >= 0.6 is 0 Å². The Morgan fingerprint density at radius 2 is 2.00 bits per heavy atom. The monoisotopic (exact) mass is 475 g/mol.